The van der Waals surface area contributed by atoms with E-state index in [9.17, 15) is 14.0 Å². The topological polar surface area (TPSA) is 58.6 Å². The molecule has 5 nitrogen and oxygen atoms in total. The summed E-state index contributed by atoms with van der Waals surface area (Å²) < 4.78 is 18.6. The minimum absolute atomic E-state index is 0.00912. The lowest BCUT2D eigenvalue weighted by Crippen LogP contribution is -2.47. The Morgan fingerprint density at radius 2 is 1.70 bits per heavy atom. The molecule has 0 spiro atoms. The number of rotatable bonds is 6. The van der Waals surface area contributed by atoms with Crippen molar-refractivity contribution in [1.29, 1.82) is 0 Å². The van der Waals surface area contributed by atoms with E-state index in [1.54, 1.807) is 17.0 Å². The summed E-state index contributed by atoms with van der Waals surface area (Å²) in [5, 5.41) is 3.14. The molecule has 0 aromatic heterocycles. The highest BCUT2D eigenvalue weighted by Gasteiger charge is 2.30. The third-order valence-corrected chi connectivity index (χ3v) is 5.46. The maximum Gasteiger partial charge on any atom is 0.415 e. The number of amides is 2. The zero-order valence-electron chi connectivity index (χ0n) is 17.5. The van der Waals surface area contributed by atoms with Gasteiger partial charge in [0.05, 0.1) is 0 Å². The normalized spacial score (nSPS) is 15.7. The molecule has 0 unspecified atom stereocenters. The van der Waals surface area contributed by atoms with Gasteiger partial charge in [0, 0.05) is 24.7 Å². The fraction of sp³-hybridized carbons (Fsp3) is 0.417. The average molecular weight is 413 g/mol. The smallest absolute Gasteiger partial charge is 0.410 e. The van der Waals surface area contributed by atoms with E-state index in [-0.39, 0.29) is 29.8 Å². The summed E-state index contributed by atoms with van der Waals surface area (Å²) >= 11 is 0. The average Bonchev–Trinajstić information content (AvgIpc) is 2.74. The standard InChI is InChI=1S/C24H29FN2O3/c1-17(2)16-22(26-23(28)19-8-10-20(25)11-9-19)18-12-14-27(15-13-18)24(29)30-21-6-4-3-5-7-21/h3-11,17-18,22H,12-16H2,1-2H3,(H,26,28)/t22-/m0/s1. The molecule has 1 aliphatic rings. The summed E-state index contributed by atoms with van der Waals surface area (Å²) in [5.41, 5.74) is 0.453. The maximum atomic E-state index is 13.1. The van der Waals surface area contributed by atoms with Gasteiger partial charge < -0.3 is 15.0 Å². The van der Waals surface area contributed by atoms with Gasteiger partial charge in [0.25, 0.3) is 5.91 Å². The summed E-state index contributed by atoms with van der Waals surface area (Å²) in [4.78, 5) is 26.8. The Morgan fingerprint density at radius 1 is 1.07 bits per heavy atom. The molecule has 0 bridgehead atoms. The van der Waals surface area contributed by atoms with Gasteiger partial charge >= 0.3 is 6.09 Å². The van der Waals surface area contributed by atoms with E-state index in [1.165, 1.54) is 24.3 Å². The van der Waals surface area contributed by atoms with Crippen LogP contribution in [0.15, 0.2) is 54.6 Å². The predicted octanol–water partition coefficient (Wildman–Crippen LogP) is 4.88. The Bertz CT molecular complexity index is 831. The molecule has 1 saturated heterocycles. The lowest BCUT2D eigenvalue weighted by Gasteiger charge is -2.36. The van der Waals surface area contributed by atoms with E-state index in [0.717, 1.165) is 19.3 Å². The first kappa shape index (κ1) is 21.8. The molecular formula is C24H29FN2O3. The van der Waals surface area contributed by atoms with Crippen LogP contribution in [0.4, 0.5) is 9.18 Å². The van der Waals surface area contributed by atoms with Gasteiger partial charge in [-0.1, -0.05) is 32.0 Å². The highest BCUT2D eigenvalue weighted by molar-refractivity contribution is 5.94. The highest BCUT2D eigenvalue weighted by atomic mass is 19.1. The molecule has 1 heterocycles. The first-order valence-corrected chi connectivity index (χ1v) is 10.5. The second kappa shape index (κ2) is 10.2. The maximum absolute atomic E-state index is 13.1. The zero-order chi connectivity index (χ0) is 21.5. The Hall–Kier alpha value is -2.89. The number of nitrogens with zero attached hydrogens (tertiary/aromatic N) is 1. The first-order chi connectivity index (χ1) is 14.4. The fourth-order valence-electron chi connectivity index (χ4n) is 3.87. The summed E-state index contributed by atoms with van der Waals surface area (Å²) in [6.45, 7) is 5.45. The molecule has 0 aliphatic carbocycles. The van der Waals surface area contributed by atoms with Crippen LogP contribution >= 0.6 is 0 Å². The number of para-hydroxylation sites is 1. The summed E-state index contributed by atoms with van der Waals surface area (Å²) in [6.07, 6.45) is 2.11. The van der Waals surface area contributed by atoms with Crippen molar-refractivity contribution >= 4 is 12.0 Å². The van der Waals surface area contributed by atoms with Gasteiger partial charge in [-0.15, -0.1) is 0 Å². The van der Waals surface area contributed by atoms with Crippen LogP contribution in [0.1, 0.15) is 43.5 Å². The van der Waals surface area contributed by atoms with Crippen LogP contribution < -0.4 is 10.1 Å². The third kappa shape index (κ3) is 6.05. The number of benzene rings is 2. The number of likely N-dealkylation sites (tertiary alicyclic amines) is 1. The van der Waals surface area contributed by atoms with Gasteiger partial charge in [0.1, 0.15) is 11.6 Å². The van der Waals surface area contributed by atoms with Crippen molar-refractivity contribution < 1.29 is 18.7 Å². The van der Waals surface area contributed by atoms with E-state index in [4.69, 9.17) is 4.74 Å². The minimum atomic E-state index is -0.361. The SMILES string of the molecule is CC(C)C[C@H](NC(=O)c1ccc(F)cc1)C1CCN(C(=O)Oc2ccccc2)CC1. The van der Waals surface area contributed by atoms with E-state index in [2.05, 4.69) is 19.2 Å². The van der Waals surface area contributed by atoms with E-state index in [0.29, 0.717) is 30.3 Å². The van der Waals surface area contributed by atoms with E-state index < -0.39 is 0 Å². The van der Waals surface area contributed by atoms with Crippen LogP contribution in [-0.2, 0) is 0 Å². The molecule has 6 heteroatoms. The van der Waals surface area contributed by atoms with E-state index >= 15 is 0 Å². The lowest BCUT2D eigenvalue weighted by molar-refractivity contribution is 0.0871. The van der Waals surface area contributed by atoms with Crippen molar-refractivity contribution in [2.75, 3.05) is 13.1 Å². The van der Waals surface area contributed by atoms with Crippen LogP contribution in [0.5, 0.6) is 5.75 Å². The first-order valence-electron chi connectivity index (χ1n) is 10.5. The molecule has 2 amide bonds. The van der Waals surface area contributed by atoms with Crippen LogP contribution in [0.25, 0.3) is 0 Å². The largest absolute Gasteiger partial charge is 0.415 e. The minimum Gasteiger partial charge on any atom is -0.410 e. The Balaban J connectivity index is 1.57. The number of carbonyl (C=O) groups is 2. The van der Waals surface area contributed by atoms with Gasteiger partial charge in [-0.3, -0.25) is 4.79 Å². The molecule has 1 aliphatic heterocycles. The molecule has 3 rings (SSSR count). The fourth-order valence-corrected chi connectivity index (χ4v) is 3.87. The van der Waals surface area contributed by atoms with Crippen molar-refractivity contribution in [3.63, 3.8) is 0 Å². The number of piperidine rings is 1. The Kier molecular flexibility index (Phi) is 7.44. The molecule has 2 aromatic rings. The van der Waals surface area contributed by atoms with Crippen molar-refractivity contribution in [3.05, 3.63) is 66.0 Å². The molecule has 1 atom stereocenters. The summed E-state index contributed by atoms with van der Waals surface area (Å²) in [5.74, 6) is 0.683. The summed E-state index contributed by atoms with van der Waals surface area (Å²) in [7, 11) is 0. The number of halogens is 1. The summed E-state index contributed by atoms with van der Waals surface area (Å²) in [6, 6.07) is 14.6. The number of carbonyl (C=O) groups excluding carboxylic acids is 2. The number of ether oxygens (including phenoxy) is 1. The van der Waals surface area contributed by atoms with Gasteiger partial charge in [-0.05, 0) is 67.5 Å². The quantitative estimate of drug-likeness (QED) is 0.736. The van der Waals surface area contributed by atoms with Crippen LogP contribution in [0.3, 0.4) is 0 Å². The van der Waals surface area contributed by atoms with Crippen LogP contribution in [-0.4, -0.2) is 36.0 Å². The number of nitrogens with one attached hydrogen (secondary N) is 1. The second-order valence-corrected chi connectivity index (χ2v) is 8.22. The molecule has 160 valence electrons. The monoisotopic (exact) mass is 412 g/mol. The molecule has 0 radical (unpaired) electrons. The van der Waals surface area contributed by atoms with E-state index in [1.807, 2.05) is 18.2 Å². The van der Waals surface area contributed by atoms with Crippen molar-refractivity contribution in [3.8, 4) is 5.75 Å². The molecule has 30 heavy (non-hydrogen) atoms. The predicted molar refractivity (Wildman–Crippen MR) is 114 cm³/mol. The Labute approximate surface area is 177 Å². The third-order valence-electron chi connectivity index (χ3n) is 5.46. The number of hydrogen-bond donors (Lipinski definition) is 1. The van der Waals surface area contributed by atoms with Crippen molar-refractivity contribution in [1.82, 2.24) is 10.2 Å². The second-order valence-electron chi connectivity index (χ2n) is 8.22. The van der Waals surface area contributed by atoms with Gasteiger partial charge in [0.15, 0.2) is 0 Å². The molecule has 2 aromatic carbocycles. The van der Waals surface area contributed by atoms with Crippen LogP contribution in [0, 0.1) is 17.7 Å². The van der Waals surface area contributed by atoms with Gasteiger partial charge in [-0.25, -0.2) is 9.18 Å². The highest BCUT2D eigenvalue weighted by Crippen LogP contribution is 2.26. The molecule has 1 N–H and O–H groups in total. The van der Waals surface area contributed by atoms with Crippen molar-refractivity contribution in [2.24, 2.45) is 11.8 Å². The van der Waals surface area contributed by atoms with Gasteiger partial charge in [0.2, 0.25) is 0 Å². The zero-order valence-corrected chi connectivity index (χ0v) is 17.5. The number of hydrogen-bond acceptors (Lipinski definition) is 3. The van der Waals surface area contributed by atoms with Crippen LogP contribution in [0.2, 0.25) is 0 Å². The molecule has 0 saturated carbocycles. The Morgan fingerprint density at radius 3 is 2.30 bits per heavy atom. The lowest BCUT2D eigenvalue weighted by atomic mass is 9.85. The van der Waals surface area contributed by atoms with Gasteiger partial charge in [-0.2, -0.15) is 0 Å². The van der Waals surface area contributed by atoms with Crippen molar-refractivity contribution in [2.45, 2.75) is 39.2 Å². The molecule has 1 fully saturated rings. The molecular weight excluding hydrogens is 383 g/mol.